The number of para-hydroxylation sites is 1. The van der Waals surface area contributed by atoms with Crippen molar-refractivity contribution in [1.29, 1.82) is 0 Å². The fraction of sp³-hybridized carbons (Fsp3) is 0.476. The van der Waals surface area contributed by atoms with Gasteiger partial charge in [-0.25, -0.2) is 0 Å². The van der Waals surface area contributed by atoms with E-state index in [9.17, 15) is 33.6 Å². The number of fused-ring (bicyclic) bond motifs is 2. The van der Waals surface area contributed by atoms with E-state index < -0.39 is 84.1 Å². The lowest BCUT2D eigenvalue weighted by Crippen LogP contribution is -2.62. The fourth-order valence-electron chi connectivity index (χ4n) is 7.68. The molecular formula is C42H58N12O7. The Balaban J connectivity index is 1.50. The summed E-state index contributed by atoms with van der Waals surface area (Å²) in [6.07, 6.45) is 4.16. The predicted octanol–water partition coefficient (Wildman–Crippen LogP) is -1.30. The largest absolute Gasteiger partial charge is 0.370 e. The maximum atomic E-state index is 14.5. The number of hydrogen-bond acceptors (Lipinski definition) is 9. The molecule has 7 amide bonds. The molecule has 61 heavy (non-hydrogen) atoms. The van der Waals surface area contributed by atoms with E-state index >= 15 is 0 Å². The number of carbonyl (C=O) groups excluding carboxylic acids is 7. The molecule has 3 heterocycles. The van der Waals surface area contributed by atoms with Crippen LogP contribution in [0.3, 0.4) is 0 Å². The molecule has 1 aromatic heterocycles. The van der Waals surface area contributed by atoms with Gasteiger partial charge in [0.2, 0.25) is 41.4 Å². The van der Waals surface area contributed by atoms with Gasteiger partial charge in [-0.1, -0.05) is 48.5 Å². The van der Waals surface area contributed by atoms with E-state index in [0.29, 0.717) is 25.8 Å². The third-order valence-corrected chi connectivity index (χ3v) is 10.8. The van der Waals surface area contributed by atoms with Gasteiger partial charge in [-0.2, -0.15) is 0 Å². The number of aromatic amines is 1. The summed E-state index contributed by atoms with van der Waals surface area (Å²) in [4.78, 5) is 106. The first-order valence-corrected chi connectivity index (χ1v) is 20.8. The van der Waals surface area contributed by atoms with Gasteiger partial charge >= 0.3 is 0 Å². The third-order valence-electron chi connectivity index (χ3n) is 10.8. The van der Waals surface area contributed by atoms with Gasteiger partial charge < -0.3 is 59.0 Å². The molecule has 6 atom stereocenters. The molecule has 2 unspecified atom stereocenters. The molecule has 0 bridgehead atoms. The number of aliphatic imine (C=N–C) groups is 1. The van der Waals surface area contributed by atoms with Crippen LogP contribution in [0.2, 0.25) is 0 Å². The highest BCUT2D eigenvalue weighted by molar-refractivity contribution is 5.98. The van der Waals surface area contributed by atoms with Crippen LogP contribution in [0, 0.1) is 0 Å². The van der Waals surface area contributed by atoms with Crippen molar-refractivity contribution in [3.05, 3.63) is 71.9 Å². The lowest BCUT2D eigenvalue weighted by molar-refractivity contribution is -0.143. The van der Waals surface area contributed by atoms with Crippen LogP contribution < -0.4 is 49.1 Å². The summed E-state index contributed by atoms with van der Waals surface area (Å²) in [5.74, 6) is -4.56. The van der Waals surface area contributed by atoms with E-state index in [-0.39, 0.29) is 57.6 Å². The zero-order valence-electron chi connectivity index (χ0n) is 34.4. The monoisotopic (exact) mass is 842 g/mol. The zero-order valence-corrected chi connectivity index (χ0v) is 34.4. The van der Waals surface area contributed by atoms with Crippen LogP contribution in [0.4, 0.5) is 0 Å². The maximum absolute atomic E-state index is 14.5. The highest BCUT2D eigenvalue weighted by Gasteiger charge is 2.40. The van der Waals surface area contributed by atoms with Crippen LogP contribution >= 0.6 is 0 Å². The number of unbranched alkanes of at least 4 members (excludes halogenated alkanes) is 1. The first kappa shape index (κ1) is 45.6. The molecule has 0 aliphatic carbocycles. The molecule has 13 N–H and O–H groups in total. The van der Waals surface area contributed by atoms with Crippen LogP contribution in [0.15, 0.2) is 65.8 Å². The van der Waals surface area contributed by atoms with E-state index in [1.54, 1.807) is 30.5 Å². The average Bonchev–Trinajstić information content (AvgIpc) is 3.90. The van der Waals surface area contributed by atoms with E-state index in [4.69, 9.17) is 17.2 Å². The van der Waals surface area contributed by atoms with Crippen molar-refractivity contribution in [2.75, 3.05) is 26.2 Å². The Bertz CT molecular complexity index is 2050. The van der Waals surface area contributed by atoms with Gasteiger partial charge in [0.1, 0.15) is 36.3 Å². The molecule has 2 fully saturated rings. The standard InChI is InChI=1S/C42H58N12O7/c1-25(55)49-32(21-26-11-3-2-4-12-26)38(58)53-34-24-48-36(56)30(16-9-19-46-42(44)45)50-39(59)33(22-27-23-47-29-14-6-5-13-28(27)29)52-37(57)31(15-7-8-18-43)51-40(60)35-17-10-20-54(35)41(34)61/h2-6,11-14,23,30-35,47H,7-10,15-22,24,43H2,1H3,(H,48,56)(H,49,55)(H,50,59)(H,51,60)(H,52,57)(H,53,58)(H4,44,45,46)/t30-,31+,32-,33-,34?,35?/m0/s1. The molecule has 19 heteroatoms. The summed E-state index contributed by atoms with van der Waals surface area (Å²) in [7, 11) is 0. The first-order valence-electron chi connectivity index (χ1n) is 20.8. The Kier molecular flexibility index (Phi) is 16.6. The number of H-pyrrole nitrogens is 1. The maximum Gasteiger partial charge on any atom is 0.247 e. The van der Waals surface area contributed by atoms with Crippen molar-refractivity contribution >= 4 is 58.2 Å². The highest BCUT2D eigenvalue weighted by Crippen LogP contribution is 2.22. The lowest BCUT2D eigenvalue weighted by Gasteiger charge is -2.32. The quantitative estimate of drug-likeness (QED) is 0.0490. The van der Waals surface area contributed by atoms with Crippen LogP contribution in [0.5, 0.6) is 0 Å². The first-order chi connectivity index (χ1) is 29.3. The number of nitrogens with zero attached hydrogens (tertiary/aromatic N) is 2. The number of guanidine groups is 1. The minimum Gasteiger partial charge on any atom is -0.370 e. The molecule has 0 spiro atoms. The Morgan fingerprint density at radius 1 is 0.852 bits per heavy atom. The molecule has 328 valence electrons. The van der Waals surface area contributed by atoms with Crippen molar-refractivity contribution < 1.29 is 33.6 Å². The topological polar surface area (TPSA) is 301 Å². The normalized spacial score (nSPS) is 22.0. The molecule has 2 saturated heterocycles. The van der Waals surface area contributed by atoms with Gasteiger partial charge in [-0.05, 0) is 68.7 Å². The van der Waals surface area contributed by atoms with E-state index in [0.717, 1.165) is 22.0 Å². The van der Waals surface area contributed by atoms with Gasteiger partial charge in [-0.3, -0.25) is 38.6 Å². The highest BCUT2D eigenvalue weighted by atomic mass is 16.2. The lowest BCUT2D eigenvalue weighted by atomic mass is 10.0. The molecule has 2 aliphatic rings. The van der Waals surface area contributed by atoms with Crippen LogP contribution in [-0.2, 0) is 46.4 Å². The van der Waals surface area contributed by atoms with Crippen LogP contribution in [0.1, 0.15) is 63.0 Å². The van der Waals surface area contributed by atoms with Gasteiger partial charge in [0.25, 0.3) is 0 Å². The minimum absolute atomic E-state index is 0.0326. The molecular weight excluding hydrogens is 785 g/mol. The summed E-state index contributed by atoms with van der Waals surface area (Å²) in [5.41, 5.74) is 19.1. The number of benzene rings is 2. The van der Waals surface area contributed by atoms with Gasteiger partial charge in [-0.15, -0.1) is 0 Å². The van der Waals surface area contributed by atoms with Crippen molar-refractivity contribution in [3.8, 4) is 0 Å². The summed E-state index contributed by atoms with van der Waals surface area (Å²) in [5, 5.41) is 17.4. The Hall–Kier alpha value is -6.50. The zero-order chi connectivity index (χ0) is 43.9. The summed E-state index contributed by atoms with van der Waals surface area (Å²) in [6.45, 7) is 1.50. The van der Waals surface area contributed by atoms with E-state index in [1.165, 1.54) is 11.8 Å². The second kappa shape index (κ2) is 22.2. The van der Waals surface area contributed by atoms with Gasteiger partial charge in [0.05, 0.1) is 0 Å². The Labute approximate surface area is 354 Å². The molecule has 0 saturated carbocycles. The third kappa shape index (κ3) is 13.0. The Morgan fingerprint density at radius 2 is 1.52 bits per heavy atom. The summed E-state index contributed by atoms with van der Waals surface area (Å²) < 4.78 is 0. The van der Waals surface area contributed by atoms with Crippen molar-refractivity contribution in [3.63, 3.8) is 0 Å². The Morgan fingerprint density at radius 3 is 2.26 bits per heavy atom. The fourth-order valence-corrected chi connectivity index (χ4v) is 7.68. The van der Waals surface area contributed by atoms with Crippen molar-refractivity contribution in [2.45, 2.75) is 101 Å². The molecule has 19 nitrogen and oxygen atoms in total. The smallest absolute Gasteiger partial charge is 0.247 e. The SMILES string of the molecule is CC(=O)N[C@@H](Cc1ccccc1)C(=O)NC1CNC(=O)[C@H](CCCN=C(N)N)NC(=O)[C@H](Cc2c[nH]c3ccccc23)NC(=O)[C@@H](CCCCN)NC(=O)C2CCCN2C1=O. The van der Waals surface area contributed by atoms with Gasteiger partial charge in [0.15, 0.2) is 5.96 Å². The number of nitrogens with one attached hydrogen (secondary N) is 7. The minimum atomic E-state index is -1.40. The second-order valence-electron chi connectivity index (χ2n) is 15.4. The number of hydrogen-bond donors (Lipinski definition) is 10. The number of amides is 7. The molecule has 3 aromatic rings. The van der Waals surface area contributed by atoms with E-state index in [2.05, 4.69) is 41.9 Å². The molecule has 0 radical (unpaired) electrons. The molecule has 2 aliphatic heterocycles. The number of aromatic nitrogens is 1. The van der Waals surface area contributed by atoms with Crippen LogP contribution in [0.25, 0.3) is 10.9 Å². The predicted molar refractivity (Wildman–Crippen MR) is 228 cm³/mol. The van der Waals surface area contributed by atoms with Crippen molar-refractivity contribution in [2.24, 2.45) is 22.2 Å². The molecule has 2 aromatic carbocycles. The number of nitrogens with two attached hydrogens (primary N) is 3. The molecule has 5 rings (SSSR count). The van der Waals surface area contributed by atoms with E-state index in [1.807, 2.05) is 30.3 Å². The second-order valence-corrected chi connectivity index (χ2v) is 15.4. The van der Waals surface area contributed by atoms with Crippen molar-refractivity contribution in [1.82, 2.24) is 41.8 Å². The van der Waals surface area contributed by atoms with Crippen LogP contribution in [-0.4, -0.2) is 120 Å². The number of rotatable bonds is 15. The summed E-state index contributed by atoms with van der Waals surface area (Å²) in [6, 6.07) is 9.47. The average molecular weight is 843 g/mol. The summed E-state index contributed by atoms with van der Waals surface area (Å²) >= 11 is 0. The van der Waals surface area contributed by atoms with Gasteiger partial charge in [0, 0.05) is 56.5 Å². The number of carbonyl (C=O) groups is 7.